The third kappa shape index (κ3) is 2.84. The highest BCUT2D eigenvalue weighted by Gasteiger charge is 2.43. The average molecular weight is 369 g/mol. The Morgan fingerprint density at radius 3 is 2.85 bits per heavy atom. The molecule has 3 aliphatic rings. The van der Waals surface area contributed by atoms with Gasteiger partial charge in [-0.2, -0.15) is 0 Å². The number of benzene rings is 1. The lowest BCUT2D eigenvalue weighted by Gasteiger charge is -2.47. The summed E-state index contributed by atoms with van der Waals surface area (Å²) >= 11 is 0. The van der Waals surface area contributed by atoms with Crippen molar-refractivity contribution >= 4 is 11.8 Å². The lowest BCUT2D eigenvalue weighted by molar-refractivity contribution is -0.140. The molecule has 4 rings (SSSR count). The van der Waals surface area contributed by atoms with Crippen molar-refractivity contribution in [1.82, 2.24) is 4.90 Å². The maximum Gasteiger partial charge on any atom is 0.343 e. The van der Waals surface area contributed by atoms with Gasteiger partial charge in [0.2, 0.25) is 0 Å². The number of ether oxygens (including phenoxy) is 2. The molecule has 0 N–H and O–H groups in total. The van der Waals surface area contributed by atoms with Gasteiger partial charge >= 0.3 is 5.97 Å². The average Bonchev–Trinajstić information content (AvgIpc) is 3.10. The Bertz CT molecular complexity index is 839. The zero-order chi connectivity index (χ0) is 19.3. The molecule has 144 valence electrons. The van der Waals surface area contributed by atoms with Crippen LogP contribution in [0.2, 0.25) is 0 Å². The molecule has 0 saturated heterocycles. The quantitative estimate of drug-likeness (QED) is 0.605. The fourth-order valence-electron chi connectivity index (χ4n) is 4.81. The molecule has 0 aromatic heterocycles. The number of ketones is 1. The molecule has 0 radical (unpaired) electrons. The summed E-state index contributed by atoms with van der Waals surface area (Å²) in [5.41, 5.74) is 5.20. The number of fused-ring (bicyclic) bond motifs is 5. The highest BCUT2D eigenvalue weighted by Crippen LogP contribution is 2.47. The van der Waals surface area contributed by atoms with E-state index in [1.54, 1.807) is 13.1 Å². The van der Waals surface area contributed by atoms with E-state index >= 15 is 0 Å². The lowest BCUT2D eigenvalue weighted by Crippen LogP contribution is -2.47. The van der Waals surface area contributed by atoms with Crippen molar-refractivity contribution in [2.45, 2.75) is 59.0 Å². The number of carbonyl (C=O) groups excluding carboxylic acids is 2. The highest BCUT2D eigenvalue weighted by molar-refractivity contribution is 6.17. The Balaban J connectivity index is 1.84. The van der Waals surface area contributed by atoms with Crippen LogP contribution < -0.4 is 4.74 Å². The normalized spacial score (nSPS) is 23.4. The van der Waals surface area contributed by atoms with Crippen LogP contribution in [0.4, 0.5) is 0 Å². The van der Waals surface area contributed by atoms with Gasteiger partial charge in [-0.05, 0) is 42.9 Å². The lowest BCUT2D eigenvalue weighted by atomic mass is 9.77. The van der Waals surface area contributed by atoms with Gasteiger partial charge in [0.15, 0.2) is 5.78 Å². The van der Waals surface area contributed by atoms with Gasteiger partial charge < -0.3 is 14.4 Å². The van der Waals surface area contributed by atoms with E-state index in [1.807, 2.05) is 0 Å². The molecule has 5 heteroatoms. The number of Topliss-reactive ketones (excluding diaryl/α,β-unsaturated/α-hetero) is 1. The Morgan fingerprint density at radius 2 is 2.15 bits per heavy atom. The molecule has 1 aromatic rings. The molecular weight excluding hydrogens is 342 g/mol. The summed E-state index contributed by atoms with van der Waals surface area (Å²) in [5, 5.41) is 0. The highest BCUT2D eigenvalue weighted by atomic mass is 16.5. The minimum absolute atomic E-state index is 0.0251. The number of esters is 1. The van der Waals surface area contributed by atoms with Gasteiger partial charge in [-0.15, -0.1) is 0 Å². The van der Waals surface area contributed by atoms with E-state index in [9.17, 15) is 9.59 Å². The van der Waals surface area contributed by atoms with Gasteiger partial charge in [-0.3, -0.25) is 4.79 Å². The summed E-state index contributed by atoms with van der Waals surface area (Å²) < 4.78 is 11.0. The smallest absolute Gasteiger partial charge is 0.343 e. The van der Waals surface area contributed by atoms with E-state index in [0.717, 1.165) is 18.6 Å². The zero-order valence-electron chi connectivity index (χ0n) is 16.5. The number of carbonyl (C=O) groups is 2. The largest absolute Gasteiger partial charge is 0.493 e. The maximum absolute atomic E-state index is 12.8. The Kier molecular flexibility index (Phi) is 4.49. The van der Waals surface area contributed by atoms with E-state index in [4.69, 9.17) is 9.47 Å². The SMILES string of the molecule is CCOC(=O)C1=CN2C(CC1=O)c1c(cc(C)c3c1CCO3)CC2C(C)C. The van der Waals surface area contributed by atoms with Crippen molar-refractivity contribution in [2.24, 2.45) is 5.92 Å². The standard InChI is InChI=1S/C22H27NO4/c1-5-26-22(25)16-11-23-17(12(2)3)9-14-8-13(4)21-15(6-7-27-21)20(14)18(23)10-19(16)24/h8,11-12,17-18H,5-7,9-10H2,1-4H3. The van der Waals surface area contributed by atoms with E-state index in [2.05, 4.69) is 31.7 Å². The summed E-state index contributed by atoms with van der Waals surface area (Å²) in [7, 11) is 0. The molecular formula is C22H27NO4. The Hall–Kier alpha value is -2.30. The molecule has 0 spiro atoms. The minimum Gasteiger partial charge on any atom is -0.493 e. The zero-order valence-corrected chi connectivity index (χ0v) is 16.5. The van der Waals surface area contributed by atoms with Crippen molar-refractivity contribution in [2.75, 3.05) is 13.2 Å². The molecule has 3 heterocycles. The van der Waals surface area contributed by atoms with Crippen LogP contribution in [0.25, 0.3) is 0 Å². The van der Waals surface area contributed by atoms with Crippen LogP contribution in [-0.4, -0.2) is 35.9 Å². The van der Waals surface area contributed by atoms with Gasteiger partial charge in [-0.1, -0.05) is 19.9 Å². The molecule has 2 unspecified atom stereocenters. The first-order valence-corrected chi connectivity index (χ1v) is 9.90. The van der Waals surface area contributed by atoms with E-state index in [-0.39, 0.29) is 30.0 Å². The van der Waals surface area contributed by atoms with Crippen LogP contribution in [0.5, 0.6) is 5.75 Å². The number of nitrogens with zero attached hydrogens (tertiary/aromatic N) is 1. The molecule has 0 amide bonds. The minimum atomic E-state index is -0.508. The molecule has 5 nitrogen and oxygen atoms in total. The molecule has 1 aromatic carbocycles. The first-order valence-electron chi connectivity index (χ1n) is 9.90. The van der Waals surface area contributed by atoms with Crippen molar-refractivity contribution in [3.63, 3.8) is 0 Å². The number of aryl methyl sites for hydroxylation is 1. The van der Waals surface area contributed by atoms with Crippen LogP contribution in [0, 0.1) is 12.8 Å². The second-order valence-corrected chi connectivity index (χ2v) is 8.04. The fraction of sp³-hybridized carbons (Fsp3) is 0.545. The van der Waals surface area contributed by atoms with Crippen molar-refractivity contribution in [3.05, 3.63) is 40.1 Å². The number of hydrogen-bond acceptors (Lipinski definition) is 5. The van der Waals surface area contributed by atoms with Crippen LogP contribution in [-0.2, 0) is 27.2 Å². The topological polar surface area (TPSA) is 55.8 Å². The second-order valence-electron chi connectivity index (χ2n) is 8.04. The first kappa shape index (κ1) is 18.1. The summed E-state index contributed by atoms with van der Waals surface area (Å²) in [6.07, 6.45) is 3.89. The third-order valence-corrected chi connectivity index (χ3v) is 6.02. The van der Waals surface area contributed by atoms with Gasteiger partial charge in [0.25, 0.3) is 0 Å². The van der Waals surface area contributed by atoms with Gasteiger partial charge in [0, 0.05) is 30.6 Å². The van der Waals surface area contributed by atoms with Crippen LogP contribution in [0.1, 0.15) is 55.5 Å². The van der Waals surface area contributed by atoms with Gasteiger partial charge in [-0.25, -0.2) is 4.79 Å². The van der Waals surface area contributed by atoms with E-state index < -0.39 is 5.97 Å². The molecule has 0 saturated carbocycles. The molecule has 0 fully saturated rings. The summed E-state index contributed by atoms with van der Waals surface area (Å²) in [4.78, 5) is 27.3. The molecule has 2 atom stereocenters. The van der Waals surface area contributed by atoms with Gasteiger partial charge in [0.1, 0.15) is 11.3 Å². The number of rotatable bonds is 3. The van der Waals surface area contributed by atoms with Crippen molar-refractivity contribution < 1.29 is 19.1 Å². The molecule has 0 bridgehead atoms. The summed E-state index contributed by atoms with van der Waals surface area (Å²) in [5.74, 6) is 0.757. The first-order chi connectivity index (χ1) is 12.9. The number of hydrogen-bond donors (Lipinski definition) is 0. The van der Waals surface area contributed by atoms with Gasteiger partial charge in [0.05, 0.1) is 19.3 Å². The third-order valence-electron chi connectivity index (χ3n) is 6.02. The molecule has 3 aliphatic heterocycles. The molecule has 0 aliphatic carbocycles. The van der Waals surface area contributed by atoms with Crippen LogP contribution >= 0.6 is 0 Å². The maximum atomic E-state index is 12.8. The predicted molar refractivity (Wildman–Crippen MR) is 102 cm³/mol. The fourth-order valence-corrected chi connectivity index (χ4v) is 4.81. The Labute approximate surface area is 160 Å². The summed E-state index contributed by atoms with van der Waals surface area (Å²) in [6.45, 7) is 9.23. The Morgan fingerprint density at radius 1 is 1.37 bits per heavy atom. The second kappa shape index (κ2) is 6.70. The predicted octanol–water partition coefficient (Wildman–Crippen LogP) is 3.27. The van der Waals surface area contributed by atoms with Crippen LogP contribution in [0.15, 0.2) is 17.8 Å². The van der Waals surface area contributed by atoms with E-state index in [1.165, 1.54) is 22.3 Å². The molecule has 27 heavy (non-hydrogen) atoms. The van der Waals surface area contributed by atoms with Crippen molar-refractivity contribution in [1.29, 1.82) is 0 Å². The van der Waals surface area contributed by atoms with Crippen LogP contribution in [0.3, 0.4) is 0 Å². The summed E-state index contributed by atoms with van der Waals surface area (Å²) in [6, 6.07) is 2.46. The van der Waals surface area contributed by atoms with Crippen molar-refractivity contribution in [3.8, 4) is 5.75 Å². The monoisotopic (exact) mass is 369 g/mol. The van der Waals surface area contributed by atoms with E-state index in [0.29, 0.717) is 18.9 Å².